The molecule has 8 heteroatoms. The van der Waals surface area contributed by atoms with Crippen LogP contribution in [0.1, 0.15) is 30.7 Å². The molecular formula is C13H13ClF4O3. The molecule has 0 radical (unpaired) electrons. The van der Waals surface area contributed by atoms with Crippen molar-refractivity contribution in [3.8, 4) is 5.75 Å². The highest BCUT2D eigenvalue weighted by Crippen LogP contribution is 2.30. The van der Waals surface area contributed by atoms with Crippen LogP contribution in [0.4, 0.5) is 17.6 Å². The summed E-state index contributed by atoms with van der Waals surface area (Å²) in [6.45, 7) is 0. The number of hydrogen-bond donors (Lipinski definition) is 1. The monoisotopic (exact) mass is 328 g/mol. The van der Waals surface area contributed by atoms with E-state index in [0.717, 1.165) is 18.2 Å². The van der Waals surface area contributed by atoms with Crippen molar-refractivity contribution in [2.24, 2.45) is 0 Å². The third kappa shape index (κ3) is 5.79. The number of benzene rings is 1. The Morgan fingerprint density at radius 2 is 2.00 bits per heavy atom. The average Bonchev–Trinajstić information content (AvgIpc) is 2.35. The summed E-state index contributed by atoms with van der Waals surface area (Å²) in [5, 5.41) is 9.11. The number of aliphatic carboxylic acids is 1. The van der Waals surface area contributed by atoms with Crippen molar-refractivity contribution >= 4 is 17.6 Å². The standard InChI is InChI=1S/C13H13ClF4O3/c14-6-2-1-3-9(12(19)20)8-4-5-11(10(15)7-8)21-13(16,17)18/h4-5,7,9H,1-3,6H2,(H,19,20). The van der Waals surface area contributed by atoms with Crippen molar-refractivity contribution in [1.82, 2.24) is 0 Å². The molecule has 21 heavy (non-hydrogen) atoms. The Hall–Kier alpha value is -1.50. The maximum Gasteiger partial charge on any atom is 0.573 e. The predicted molar refractivity (Wildman–Crippen MR) is 68.0 cm³/mol. The zero-order valence-electron chi connectivity index (χ0n) is 10.8. The van der Waals surface area contributed by atoms with Gasteiger partial charge in [-0.2, -0.15) is 0 Å². The molecule has 0 aromatic heterocycles. The van der Waals surface area contributed by atoms with Crippen LogP contribution in [-0.4, -0.2) is 23.3 Å². The van der Waals surface area contributed by atoms with Gasteiger partial charge in [-0.25, -0.2) is 4.39 Å². The number of unbranched alkanes of at least 4 members (excludes halogenated alkanes) is 1. The van der Waals surface area contributed by atoms with Gasteiger partial charge in [0, 0.05) is 5.88 Å². The lowest BCUT2D eigenvalue weighted by atomic mass is 9.93. The minimum absolute atomic E-state index is 0.0871. The number of carboxylic acids is 1. The van der Waals surface area contributed by atoms with Crippen molar-refractivity contribution in [1.29, 1.82) is 0 Å². The fraction of sp³-hybridized carbons (Fsp3) is 0.462. The molecule has 0 saturated heterocycles. The van der Waals surface area contributed by atoms with Gasteiger partial charge in [0.15, 0.2) is 11.6 Å². The van der Waals surface area contributed by atoms with E-state index in [1.165, 1.54) is 0 Å². The molecular weight excluding hydrogens is 316 g/mol. The largest absolute Gasteiger partial charge is 0.573 e. The maximum atomic E-state index is 13.6. The Morgan fingerprint density at radius 1 is 1.33 bits per heavy atom. The topological polar surface area (TPSA) is 46.5 Å². The van der Waals surface area contributed by atoms with E-state index in [1.54, 1.807) is 0 Å². The molecule has 1 N–H and O–H groups in total. The molecule has 0 amide bonds. The van der Waals surface area contributed by atoms with Crippen molar-refractivity contribution < 1.29 is 32.2 Å². The lowest BCUT2D eigenvalue weighted by molar-refractivity contribution is -0.275. The van der Waals surface area contributed by atoms with Gasteiger partial charge in [0.1, 0.15) is 0 Å². The van der Waals surface area contributed by atoms with Gasteiger partial charge in [0.25, 0.3) is 0 Å². The smallest absolute Gasteiger partial charge is 0.481 e. The average molecular weight is 329 g/mol. The summed E-state index contributed by atoms with van der Waals surface area (Å²) in [5.74, 6) is -4.04. The van der Waals surface area contributed by atoms with Crippen molar-refractivity contribution in [3.05, 3.63) is 29.6 Å². The van der Waals surface area contributed by atoms with Gasteiger partial charge in [-0.3, -0.25) is 4.79 Å². The number of carbonyl (C=O) groups is 1. The summed E-state index contributed by atoms with van der Waals surface area (Å²) in [5.41, 5.74) is 0.0871. The highest BCUT2D eigenvalue weighted by atomic mass is 35.5. The van der Waals surface area contributed by atoms with E-state index in [9.17, 15) is 22.4 Å². The summed E-state index contributed by atoms with van der Waals surface area (Å²) < 4.78 is 53.1. The molecule has 0 aliphatic heterocycles. The first kappa shape index (κ1) is 17.6. The molecule has 1 aromatic carbocycles. The van der Waals surface area contributed by atoms with E-state index in [4.69, 9.17) is 16.7 Å². The number of ether oxygens (including phenoxy) is 1. The molecule has 1 rings (SSSR count). The van der Waals surface area contributed by atoms with E-state index in [2.05, 4.69) is 4.74 Å². The zero-order valence-corrected chi connectivity index (χ0v) is 11.5. The van der Waals surface area contributed by atoms with Crippen LogP contribution in [0, 0.1) is 5.82 Å². The minimum Gasteiger partial charge on any atom is -0.481 e. The van der Waals surface area contributed by atoms with Crippen LogP contribution in [0.2, 0.25) is 0 Å². The fourth-order valence-corrected chi connectivity index (χ4v) is 2.01. The first-order chi connectivity index (χ1) is 9.74. The Kier molecular flexibility index (Phi) is 6.26. The third-order valence-electron chi connectivity index (χ3n) is 2.76. The Morgan fingerprint density at radius 3 is 2.48 bits per heavy atom. The normalized spacial score (nSPS) is 13.0. The molecule has 118 valence electrons. The first-order valence-corrected chi connectivity index (χ1v) is 6.62. The first-order valence-electron chi connectivity index (χ1n) is 6.08. The molecule has 1 atom stereocenters. The molecule has 0 aliphatic carbocycles. The number of alkyl halides is 4. The highest BCUT2D eigenvalue weighted by molar-refractivity contribution is 6.17. The predicted octanol–water partition coefficient (Wildman–Crippen LogP) is 4.30. The zero-order chi connectivity index (χ0) is 16.0. The lowest BCUT2D eigenvalue weighted by Gasteiger charge is -2.14. The number of hydrogen-bond acceptors (Lipinski definition) is 2. The fourth-order valence-electron chi connectivity index (χ4n) is 1.82. The van der Waals surface area contributed by atoms with Gasteiger partial charge in [0.2, 0.25) is 0 Å². The number of carboxylic acid groups (broad SMARTS) is 1. The SMILES string of the molecule is O=C(O)C(CCCCCl)c1ccc(OC(F)(F)F)c(F)c1. The van der Waals surface area contributed by atoms with Crippen LogP contribution < -0.4 is 4.74 Å². The van der Waals surface area contributed by atoms with Crippen LogP contribution in [0.15, 0.2) is 18.2 Å². The number of halogens is 5. The maximum absolute atomic E-state index is 13.6. The van der Waals surface area contributed by atoms with Crippen LogP contribution in [-0.2, 0) is 4.79 Å². The summed E-state index contributed by atoms with van der Waals surface area (Å²) >= 11 is 5.49. The Bertz CT molecular complexity index is 491. The molecule has 1 aromatic rings. The van der Waals surface area contributed by atoms with Gasteiger partial charge in [-0.15, -0.1) is 24.8 Å². The van der Waals surface area contributed by atoms with E-state index in [1.807, 2.05) is 0 Å². The van der Waals surface area contributed by atoms with Crippen LogP contribution in [0.3, 0.4) is 0 Å². The second kappa shape index (κ2) is 7.49. The van der Waals surface area contributed by atoms with Gasteiger partial charge in [-0.05, 0) is 30.5 Å². The molecule has 0 bridgehead atoms. The minimum atomic E-state index is -5.01. The van der Waals surface area contributed by atoms with Gasteiger partial charge in [0.05, 0.1) is 5.92 Å². The van der Waals surface area contributed by atoms with Crippen molar-refractivity contribution in [3.63, 3.8) is 0 Å². The summed E-state index contributed by atoms with van der Waals surface area (Å²) in [4.78, 5) is 11.2. The van der Waals surface area contributed by atoms with E-state index >= 15 is 0 Å². The third-order valence-corrected chi connectivity index (χ3v) is 3.03. The van der Waals surface area contributed by atoms with Crippen LogP contribution in [0.25, 0.3) is 0 Å². The van der Waals surface area contributed by atoms with E-state index in [0.29, 0.717) is 18.7 Å². The van der Waals surface area contributed by atoms with Crippen molar-refractivity contribution in [2.75, 3.05) is 5.88 Å². The van der Waals surface area contributed by atoms with Crippen LogP contribution in [0.5, 0.6) is 5.75 Å². The molecule has 0 fully saturated rings. The molecule has 3 nitrogen and oxygen atoms in total. The summed E-state index contributed by atoms with van der Waals surface area (Å²) in [6.07, 6.45) is -3.66. The molecule has 0 saturated carbocycles. The molecule has 1 unspecified atom stereocenters. The lowest BCUT2D eigenvalue weighted by Crippen LogP contribution is -2.18. The second-order valence-electron chi connectivity index (χ2n) is 4.31. The van der Waals surface area contributed by atoms with Gasteiger partial charge >= 0.3 is 12.3 Å². The van der Waals surface area contributed by atoms with Gasteiger partial charge in [-0.1, -0.05) is 12.5 Å². The van der Waals surface area contributed by atoms with Crippen molar-refractivity contribution in [2.45, 2.75) is 31.5 Å². The Balaban J connectivity index is 2.90. The number of rotatable bonds is 7. The second-order valence-corrected chi connectivity index (χ2v) is 4.69. The van der Waals surface area contributed by atoms with E-state index < -0.39 is 29.8 Å². The molecule has 0 spiro atoms. The summed E-state index contributed by atoms with van der Waals surface area (Å²) in [7, 11) is 0. The molecule has 0 heterocycles. The quantitative estimate of drug-likeness (QED) is 0.461. The highest BCUT2D eigenvalue weighted by Gasteiger charge is 2.32. The van der Waals surface area contributed by atoms with E-state index in [-0.39, 0.29) is 12.0 Å². The Labute approximate surface area is 123 Å². The van der Waals surface area contributed by atoms with Gasteiger partial charge < -0.3 is 9.84 Å². The molecule has 0 aliphatic rings. The van der Waals surface area contributed by atoms with Crippen LogP contribution >= 0.6 is 11.6 Å². The summed E-state index contributed by atoms with van der Waals surface area (Å²) in [6, 6.07) is 2.64.